The molecule has 7 rings (SSSR count). The number of aromatic hydroxyl groups is 1. The second kappa shape index (κ2) is 8.00. The van der Waals surface area contributed by atoms with Crippen LogP contribution in [0.4, 0.5) is 0 Å². The molecule has 1 amide bonds. The summed E-state index contributed by atoms with van der Waals surface area (Å²) in [5, 5.41) is 27.4. The number of aliphatic hydroxyl groups is 1. The van der Waals surface area contributed by atoms with Gasteiger partial charge in [0.15, 0.2) is 11.5 Å². The van der Waals surface area contributed by atoms with Crippen LogP contribution >= 0.6 is 23.2 Å². The van der Waals surface area contributed by atoms with Crippen molar-refractivity contribution in [1.29, 1.82) is 0 Å². The van der Waals surface area contributed by atoms with E-state index in [0.717, 1.165) is 48.5 Å². The third kappa shape index (κ3) is 3.20. The van der Waals surface area contributed by atoms with E-state index in [-0.39, 0.29) is 30.2 Å². The van der Waals surface area contributed by atoms with Crippen LogP contribution in [-0.2, 0) is 23.1 Å². The molecule has 2 aliphatic heterocycles. The number of hydrogen-bond donors (Lipinski definition) is 3. The molecule has 2 bridgehead atoms. The van der Waals surface area contributed by atoms with Crippen LogP contribution in [0.3, 0.4) is 0 Å². The van der Waals surface area contributed by atoms with E-state index in [1.165, 1.54) is 12.8 Å². The van der Waals surface area contributed by atoms with E-state index in [4.69, 9.17) is 27.9 Å². The van der Waals surface area contributed by atoms with E-state index in [2.05, 4.69) is 10.2 Å². The minimum absolute atomic E-state index is 0.0220. The third-order valence-electron chi connectivity index (χ3n) is 9.46. The van der Waals surface area contributed by atoms with Gasteiger partial charge >= 0.3 is 0 Å². The number of phenols is 1. The Balaban J connectivity index is 1.22. The first-order valence-electron chi connectivity index (χ1n) is 13.0. The highest BCUT2D eigenvalue weighted by Crippen LogP contribution is 2.65. The summed E-state index contributed by atoms with van der Waals surface area (Å²) in [4.78, 5) is 15.6. The lowest BCUT2D eigenvalue weighted by Gasteiger charge is -2.64. The van der Waals surface area contributed by atoms with Gasteiger partial charge in [-0.2, -0.15) is 0 Å². The summed E-state index contributed by atoms with van der Waals surface area (Å²) >= 11 is 12.2. The van der Waals surface area contributed by atoms with Gasteiger partial charge < -0.3 is 20.3 Å². The number of hydrogen-bond acceptors (Lipinski definition) is 5. The number of piperidine rings is 1. The zero-order valence-electron chi connectivity index (χ0n) is 20.0. The number of carbonyl (C=O) groups excluding carboxylic acids is 1. The van der Waals surface area contributed by atoms with Crippen molar-refractivity contribution in [2.45, 2.75) is 74.1 Å². The lowest BCUT2D eigenvalue weighted by Crippen LogP contribution is -2.78. The van der Waals surface area contributed by atoms with Gasteiger partial charge in [0.2, 0.25) is 5.91 Å². The molecule has 0 aromatic heterocycles. The highest BCUT2D eigenvalue weighted by molar-refractivity contribution is 6.42. The van der Waals surface area contributed by atoms with Crippen molar-refractivity contribution in [3.8, 4) is 11.5 Å². The van der Waals surface area contributed by atoms with Crippen molar-refractivity contribution in [3.05, 3.63) is 57.1 Å². The molecule has 0 radical (unpaired) electrons. The standard InChI is InChI=1S/C28H30Cl2N2O4/c29-18-5-3-16(11-19(18)30)12-23(34)31-20-7-8-28(35)22-13-17-4-6-21(33)25-24(17)27(28,26(20)36-25)9-10-32(22)14-15-1-2-15/h3-6,11,15,20,22,26,33,35H,1-2,7-10,12-14H2,(H,31,34)/t20-,22-,26-,27-,28+/m0/s1. The van der Waals surface area contributed by atoms with Crippen LogP contribution in [0, 0.1) is 5.92 Å². The quantitative estimate of drug-likeness (QED) is 0.546. The SMILES string of the molecule is O=C(Cc1ccc(Cl)c(Cl)c1)N[C@H]1CC[C@@]2(O)[C@@H]3Cc4ccc(O)c5c4[C@@]2(CCN3CC2CC2)[C@H]1O5. The van der Waals surface area contributed by atoms with Crippen LogP contribution in [0.15, 0.2) is 30.3 Å². The van der Waals surface area contributed by atoms with Crippen molar-refractivity contribution in [1.82, 2.24) is 10.2 Å². The number of phenolic OH excluding ortho intramolecular Hbond substituents is 1. The van der Waals surface area contributed by atoms with Crippen LogP contribution in [0.2, 0.25) is 10.0 Å². The summed E-state index contributed by atoms with van der Waals surface area (Å²) in [6, 6.07) is 8.69. The van der Waals surface area contributed by atoms with Crippen molar-refractivity contribution < 1.29 is 19.7 Å². The Morgan fingerprint density at radius 1 is 1.14 bits per heavy atom. The minimum atomic E-state index is -0.957. The fourth-order valence-corrected chi connectivity index (χ4v) is 8.04. The number of carbonyl (C=O) groups is 1. The molecular weight excluding hydrogens is 499 g/mol. The molecular formula is C28H30Cl2N2O4. The maximum atomic E-state index is 13.1. The van der Waals surface area contributed by atoms with Gasteiger partial charge in [0.25, 0.3) is 0 Å². The van der Waals surface area contributed by atoms with Gasteiger partial charge in [0, 0.05) is 18.2 Å². The number of rotatable bonds is 5. The summed E-state index contributed by atoms with van der Waals surface area (Å²) in [5.74, 6) is 1.23. The first-order valence-corrected chi connectivity index (χ1v) is 13.8. The Kier molecular flexibility index (Phi) is 5.15. The molecule has 8 heteroatoms. The van der Waals surface area contributed by atoms with E-state index in [9.17, 15) is 15.0 Å². The van der Waals surface area contributed by atoms with Crippen LogP contribution < -0.4 is 10.1 Å². The van der Waals surface area contributed by atoms with Crippen LogP contribution in [-0.4, -0.2) is 57.9 Å². The van der Waals surface area contributed by atoms with Gasteiger partial charge in [-0.1, -0.05) is 35.3 Å². The van der Waals surface area contributed by atoms with Gasteiger partial charge in [-0.3, -0.25) is 9.69 Å². The van der Waals surface area contributed by atoms with E-state index >= 15 is 0 Å². The van der Waals surface area contributed by atoms with Crippen molar-refractivity contribution in [2.24, 2.45) is 5.92 Å². The Morgan fingerprint density at radius 2 is 1.97 bits per heavy atom. The molecule has 1 spiro atoms. The third-order valence-corrected chi connectivity index (χ3v) is 10.2. The maximum Gasteiger partial charge on any atom is 0.224 e. The molecule has 2 heterocycles. The number of nitrogens with zero attached hydrogens (tertiary/aromatic N) is 1. The van der Waals surface area contributed by atoms with Crippen molar-refractivity contribution in [2.75, 3.05) is 13.1 Å². The Morgan fingerprint density at radius 3 is 2.75 bits per heavy atom. The molecule has 190 valence electrons. The highest BCUT2D eigenvalue weighted by atomic mass is 35.5. The highest BCUT2D eigenvalue weighted by Gasteiger charge is 2.73. The van der Waals surface area contributed by atoms with Crippen molar-refractivity contribution >= 4 is 29.1 Å². The molecule has 1 saturated heterocycles. The van der Waals surface area contributed by atoms with Crippen LogP contribution in [0.25, 0.3) is 0 Å². The first kappa shape index (κ1) is 23.2. The molecule has 6 nitrogen and oxygen atoms in total. The maximum absolute atomic E-state index is 13.1. The predicted octanol–water partition coefficient (Wildman–Crippen LogP) is 3.99. The molecule has 2 aromatic rings. The lowest BCUT2D eigenvalue weighted by atomic mass is 9.48. The predicted molar refractivity (Wildman–Crippen MR) is 137 cm³/mol. The van der Waals surface area contributed by atoms with Gasteiger partial charge in [-0.25, -0.2) is 0 Å². The van der Waals surface area contributed by atoms with Crippen LogP contribution in [0.5, 0.6) is 11.5 Å². The Labute approximate surface area is 220 Å². The average molecular weight is 529 g/mol. The molecule has 0 unspecified atom stereocenters. The normalized spacial score (nSPS) is 34.1. The fourth-order valence-electron chi connectivity index (χ4n) is 7.72. The number of nitrogens with one attached hydrogen (secondary N) is 1. The lowest BCUT2D eigenvalue weighted by molar-refractivity contribution is -0.192. The van der Waals surface area contributed by atoms with E-state index in [1.54, 1.807) is 24.3 Å². The van der Waals surface area contributed by atoms with E-state index in [0.29, 0.717) is 28.6 Å². The number of halogens is 2. The number of ether oxygens (including phenoxy) is 1. The second-order valence-electron chi connectivity index (χ2n) is 11.4. The molecule has 3 fully saturated rings. The topological polar surface area (TPSA) is 82.0 Å². The van der Waals surface area contributed by atoms with Gasteiger partial charge in [0.05, 0.1) is 33.5 Å². The first-order chi connectivity index (χ1) is 17.3. The van der Waals surface area contributed by atoms with Gasteiger partial charge in [-0.05, 0) is 80.3 Å². The van der Waals surface area contributed by atoms with Gasteiger partial charge in [-0.15, -0.1) is 0 Å². The largest absolute Gasteiger partial charge is 0.504 e. The molecule has 2 aromatic carbocycles. The summed E-state index contributed by atoms with van der Waals surface area (Å²) in [5.41, 5.74) is 1.32. The van der Waals surface area contributed by atoms with Crippen LogP contribution in [0.1, 0.15) is 48.8 Å². The Bertz CT molecular complexity index is 1270. The second-order valence-corrected chi connectivity index (χ2v) is 12.2. The van der Waals surface area contributed by atoms with E-state index in [1.807, 2.05) is 6.07 Å². The minimum Gasteiger partial charge on any atom is -0.504 e. The van der Waals surface area contributed by atoms with Gasteiger partial charge in [0.1, 0.15) is 6.10 Å². The van der Waals surface area contributed by atoms with E-state index < -0.39 is 17.1 Å². The molecule has 5 atom stereocenters. The summed E-state index contributed by atoms with van der Waals surface area (Å²) in [7, 11) is 0. The fraction of sp³-hybridized carbons (Fsp3) is 0.536. The molecule has 3 N–H and O–H groups in total. The number of likely N-dealkylation sites (tertiary alicyclic amines) is 1. The monoisotopic (exact) mass is 528 g/mol. The number of amides is 1. The summed E-state index contributed by atoms with van der Waals surface area (Å²) in [6.07, 6.45) is 5.03. The zero-order valence-corrected chi connectivity index (χ0v) is 21.5. The number of benzene rings is 2. The molecule has 3 aliphatic carbocycles. The molecule has 36 heavy (non-hydrogen) atoms. The average Bonchev–Trinajstić information content (AvgIpc) is 3.58. The summed E-state index contributed by atoms with van der Waals surface area (Å²) in [6.45, 7) is 1.93. The Hall–Kier alpha value is -1.99. The van der Waals surface area contributed by atoms with Crippen molar-refractivity contribution in [3.63, 3.8) is 0 Å². The molecule has 5 aliphatic rings. The smallest absolute Gasteiger partial charge is 0.224 e. The summed E-state index contributed by atoms with van der Waals surface area (Å²) < 4.78 is 6.52. The zero-order chi connectivity index (χ0) is 24.8. The molecule has 2 saturated carbocycles.